The van der Waals surface area contributed by atoms with Gasteiger partial charge in [0, 0.05) is 11.6 Å². The molecule has 7 heteroatoms. The average molecular weight is 838 g/mol. The summed E-state index contributed by atoms with van der Waals surface area (Å²) in [5, 5.41) is 18.5. The predicted octanol–water partition coefficient (Wildman–Crippen LogP) is 10.4. The third-order valence-electron chi connectivity index (χ3n) is 9.80. The van der Waals surface area contributed by atoms with E-state index in [-0.39, 0.29) is 37.3 Å². The van der Waals surface area contributed by atoms with Crippen molar-refractivity contribution in [1.82, 2.24) is 29.9 Å². The summed E-state index contributed by atoms with van der Waals surface area (Å²) in [6, 6.07) is 30.3. The molecule has 4 heterocycles. The summed E-state index contributed by atoms with van der Waals surface area (Å²) < 4.78 is 2.01. The van der Waals surface area contributed by atoms with Gasteiger partial charge in [0.25, 0.3) is 0 Å². The number of hydrogen-bond donors (Lipinski definition) is 0. The van der Waals surface area contributed by atoms with Crippen molar-refractivity contribution in [3.63, 3.8) is 0 Å². The van der Waals surface area contributed by atoms with Crippen LogP contribution in [0, 0.1) is 0 Å². The third-order valence-corrected chi connectivity index (χ3v) is 9.80. The number of pyridine rings is 1. The minimum Gasteiger partial charge on any atom is -0.656 e. The van der Waals surface area contributed by atoms with Gasteiger partial charge in [0.15, 0.2) is 5.82 Å². The van der Waals surface area contributed by atoms with Gasteiger partial charge in [0.1, 0.15) is 0 Å². The number of hydrogen-bond acceptors (Lipinski definition) is 3. The van der Waals surface area contributed by atoms with Crippen molar-refractivity contribution in [2.24, 2.45) is 0 Å². The molecule has 8 rings (SSSR count). The van der Waals surface area contributed by atoms with E-state index in [1.165, 1.54) is 27.5 Å². The number of nitrogens with zero attached hydrogens (tertiary/aromatic N) is 6. The van der Waals surface area contributed by atoms with Gasteiger partial charge in [0.05, 0.1) is 16.9 Å². The second kappa shape index (κ2) is 11.8. The number of para-hydroxylation sites is 1. The van der Waals surface area contributed by atoms with Gasteiger partial charge >= 0.3 is 21.1 Å². The first-order chi connectivity index (χ1) is 23.2. The Hall–Kier alpha value is -4.54. The van der Waals surface area contributed by atoms with Crippen LogP contribution in [0.5, 0.6) is 0 Å². The summed E-state index contributed by atoms with van der Waals surface area (Å²) in [6.45, 7) is 20.3. The summed E-state index contributed by atoms with van der Waals surface area (Å²) in [5.74, 6) is 0.764. The minimum absolute atomic E-state index is 0. The molecule has 0 amide bonds. The maximum Gasteiger partial charge on any atom is 2.00 e. The topological polar surface area (TPSA) is 71.8 Å². The molecule has 0 radical (unpaired) electrons. The molecule has 0 saturated carbocycles. The van der Waals surface area contributed by atoms with Gasteiger partial charge in [-0.3, -0.25) is 0 Å². The van der Waals surface area contributed by atoms with Crippen molar-refractivity contribution in [3.8, 4) is 28.3 Å². The first-order valence-electron chi connectivity index (χ1n) is 17.1. The van der Waals surface area contributed by atoms with E-state index in [9.17, 15) is 0 Å². The zero-order valence-electron chi connectivity index (χ0n) is 30.2. The standard InChI is InChI=1S/C43H42N6.Pt/c1-41(2,3)26-17-18-34-31(19-26)32-20-27(42(4,5)6)21-33(39(32)46-34)40-30-14-10-11-16-36(30)49(48-40)37-23-28(43(7,8)9)22-35(45-37)29-15-12-13-25-24-44-47-38(25)29;/h10-24H,1-9H3;/q-2;+2. The Labute approximate surface area is 308 Å². The van der Waals surface area contributed by atoms with E-state index in [0.29, 0.717) is 0 Å². The van der Waals surface area contributed by atoms with Crippen LogP contribution in [-0.2, 0) is 37.3 Å². The average Bonchev–Trinajstić information content (AvgIpc) is 3.78. The van der Waals surface area contributed by atoms with E-state index in [1.807, 2.05) is 16.8 Å². The van der Waals surface area contributed by atoms with E-state index >= 15 is 0 Å². The summed E-state index contributed by atoms with van der Waals surface area (Å²) in [7, 11) is 0. The van der Waals surface area contributed by atoms with Crippen LogP contribution in [0.15, 0.2) is 91.1 Å². The van der Waals surface area contributed by atoms with Gasteiger partial charge in [-0.1, -0.05) is 129 Å². The van der Waals surface area contributed by atoms with E-state index in [2.05, 4.69) is 145 Å². The van der Waals surface area contributed by atoms with E-state index in [4.69, 9.17) is 15.1 Å². The Morgan fingerprint density at radius 3 is 2.04 bits per heavy atom. The quantitative estimate of drug-likeness (QED) is 0.177. The van der Waals surface area contributed by atoms with Crippen LogP contribution in [-0.4, -0.2) is 19.9 Å². The van der Waals surface area contributed by atoms with Crippen LogP contribution in [0.2, 0.25) is 0 Å². The van der Waals surface area contributed by atoms with Gasteiger partial charge in [-0.2, -0.15) is 5.10 Å². The molecule has 0 fully saturated rings. The Morgan fingerprint density at radius 1 is 0.600 bits per heavy atom. The molecular weight excluding hydrogens is 796 g/mol. The number of fused-ring (bicyclic) bond motifs is 5. The van der Waals surface area contributed by atoms with Crippen molar-refractivity contribution in [2.45, 2.75) is 78.6 Å². The largest absolute Gasteiger partial charge is 2.00 e. The van der Waals surface area contributed by atoms with E-state index < -0.39 is 0 Å². The van der Waals surface area contributed by atoms with Crippen LogP contribution >= 0.6 is 0 Å². The first-order valence-corrected chi connectivity index (χ1v) is 17.1. The fraction of sp³-hybridized carbons (Fsp3) is 0.279. The van der Waals surface area contributed by atoms with Crippen molar-refractivity contribution >= 4 is 43.6 Å². The molecule has 8 aromatic rings. The SMILES string of the molecule is CC(C)(C)c1cc(-c2cccc3cn[n-]c23)nc(-n2nc(-c3cc(C(C)(C)C)cc4c3[n-]c3ccc(C(C)(C)C)cc34)c3ccccc32)c1.[Pt+2]. The fourth-order valence-corrected chi connectivity index (χ4v) is 6.78. The second-order valence-corrected chi connectivity index (χ2v) is 16.5. The van der Waals surface area contributed by atoms with Gasteiger partial charge in [-0.05, 0) is 78.4 Å². The maximum absolute atomic E-state index is 5.43. The molecule has 4 aromatic carbocycles. The van der Waals surface area contributed by atoms with Crippen molar-refractivity contribution in [2.75, 3.05) is 0 Å². The van der Waals surface area contributed by atoms with Crippen LogP contribution in [0.25, 0.3) is 71.9 Å². The molecule has 0 aliphatic heterocycles. The Kier molecular flexibility index (Phi) is 7.99. The molecular formula is C43H42N6Pt. The maximum atomic E-state index is 5.43. The predicted molar refractivity (Wildman–Crippen MR) is 203 cm³/mol. The summed E-state index contributed by atoms with van der Waals surface area (Å²) in [6.07, 6.45) is 1.80. The van der Waals surface area contributed by atoms with E-state index in [0.717, 1.165) is 61.2 Å². The number of benzene rings is 4. The van der Waals surface area contributed by atoms with Crippen molar-refractivity contribution < 1.29 is 21.1 Å². The molecule has 0 aliphatic rings. The zero-order chi connectivity index (χ0) is 34.5. The Balaban J connectivity index is 0.00000392. The minimum atomic E-state index is -0.123. The number of rotatable bonds is 3. The molecule has 0 atom stereocenters. The van der Waals surface area contributed by atoms with Crippen LogP contribution in [0.3, 0.4) is 0 Å². The first kappa shape index (κ1) is 33.9. The van der Waals surface area contributed by atoms with Crippen molar-refractivity contribution in [1.29, 1.82) is 0 Å². The van der Waals surface area contributed by atoms with Crippen LogP contribution < -0.4 is 10.1 Å². The summed E-state index contributed by atoms with van der Waals surface area (Å²) in [4.78, 5) is 10.6. The molecule has 0 unspecified atom stereocenters. The number of aromatic nitrogens is 6. The molecule has 0 N–H and O–H groups in total. The van der Waals surface area contributed by atoms with Crippen LogP contribution in [0.4, 0.5) is 0 Å². The molecule has 0 spiro atoms. The monoisotopic (exact) mass is 837 g/mol. The Morgan fingerprint density at radius 2 is 1.30 bits per heavy atom. The zero-order valence-corrected chi connectivity index (χ0v) is 32.4. The molecule has 0 saturated heterocycles. The van der Waals surface area contributed by atoms with Gasteiger partial charge in [-0.15, -0.1) is 16.6 Å². The molecule has 0 aliphatic carbocycles. The normalized spacial score (nSPS) is 12.7. The summed E-state index contributed by atoms with van der Waals surface area (Å²) >= 11 is 0. The molecule has 4 aromatic heterocycles. The molecule has 50 heavy (non-hydrogen) atoms. The third kappa shape index (κ3) is 5.68. The molecule has 254 valence electrons. The van der Waals surface area contributed by atoms with Gasteiger partial charge in [-0.25, -0.2) is 9.67 Å². The van der Waals surface area contributed by atoms with Crippen molar-refractivity contribution in [3.05, 3.63) is 108 Å². The smallest absolute Gasteiger partial charge is 0.656 e. The fourth-order valence-electron chi connectivity index (χ4n) is 6.78. The second-order valence-electron chi connectivity index (χ2n) is 16.5. The van der Waals surface area contributed by atoms with Gasteiger partial charge < -0.3 is 15.2 Å². The van der Waals surface area contributed by atoms with E-state index in [1.54, 1.807) is 6.20 Å². The van der Waals surface area contributed by atoms with Crippen LogP contribution in [0.1, 0.15) is 79.0 Å². The Bertz CT molecular complexity index is 2560. The van der Waals surface area contributed by atoms with Gasteiger partial charge in [0.2, 0.25) is 0 Å². The summed E-state index contributed by atoms with van der Waals surface area (Å²) in [5.41, 5.74) is 11.1. The molecule has 0 bridgehead atoms. The molecule has 6 nitrogen and oxygen atoms in total.